The van der Waals surface area contributed by atoms with E-state index in [1.165, 1.54) is 0 Å². The van der Waals surface area contributed by atoms with Gasteiger partial charge in [-0.15, -0.1) is 0 Å². The molecule has 1 aliphatic rings. The number of carbonyl (C=O) groups excluding carboxylic acids is 1. The predicted molar refractivity (Wildman–Crippen MR) is 74.3 cm³/mol. The monoisotopic (exact) mass is 335 g/mol. The number of rotatable bonds is 2. The molecule has 0 heterocycles. The third kappa shape index (κ3) is 2.95. The minimum atomic E-state index is -0.158. The van der Waals surface area contributed by atoms with E-state index in [0.717, 1.165) is 19.3 Å². The lowest BCUT2D eigenvalue weighted by atomic mass is 10.2. The second kappa shape index (κ2) is 5.59. The standard InChI is InChI=1S/C12H12BrCl2NO/c13-8-4-2-6-10(8)16-12(17)7-3-1-5-9(14)11(7)15/h1,3,5,8,10H,2,4,6H2,(H,16,17). The van der Waals surface area contributed by atoms with Crippen LogP contribution in [0.4, 0.5) is 0 Å². The van der Waals surface area contributed by atoms with E-state index in [-0.39, 0.29) is 11.9 Å². The molecule has 0 spiro atoms. The molecule has 1 saturated carbocycles. The van der Waals surface area contributed by atoms with Gasteiger partial charge in [0.2, 0.25) is 0 Å². The van der Waals surface area contributed by atoms with Crippen LogP contribution in [0.1, 0.15) is 29.6 Å². The fourth-order valence-electron chi connectivity index (χ4n) is 2.00. The van der Waals surface area contributed by atoms with Crippen molar-refractivity contribution in [2.45, 2.75) is 30.1 Å². The van der Waals surface area contributed by atoms with Crippen molar-refractivity contribution in [2.75, 3.05) is 0 Å². The average Bonchev–Trinajstić information content (AvgIpc) is 2.68. The summed E-state index contributed by atoms with van der Waals surface area (Å²) in [6, 6.07) is 5.26. The first kappa shape index (κ1) is 13.2. The molecule has 2 unspecified atom stereocenters. The van der Waals surface area contributed by atoms with Gasteiger partial charge in [-0.2, -0.15) is 0 Å². The second-order valence-electron chi connectivity index (χ2n) is 4.13. The summed E-state index contributed by atoms with van der Waals surface area (Å²) in [6.45, 7) is 0. The number of hydrogen-bond acceptors (Lipinski definition) is 1. The maximum absolute atomic E-state index is 12.0. The Hall–Kier alpha value is -0.250. The maximum Gasteiger partial charge on any atom is 0.253 e. The zero-order valence-electron chi connectivity index (χ0n) is 9.05. The largest absolute Gasteiger partial charge is 0.348 e. The SMILES string of the molecule is O=C(NC1CCCC1Br)c1cccc(Cl)c1Cl. The Balaban J connectivity index is 2.12. The van der Waals surface area contributed by atoms with Gasteiger partial charge in [0.1, 0.15) is 0 Å². The minimum absolute atomic E-state index is 0.158. The molecule has 2 rings (SSSR count). The quantitative estimate of drug-likeness (QED) is 0.811. The molecule has 1 N–H and O–H groups in total. The molecule has 1 amide bonds. The summed E-state index contributed by atoms with van der Waals surface area (Å²) in [4.78, 5) is 12.4. The lowest BCUT2D eigenvalue weighted by molar-refractivity contribution is 0.0939. The molecule has 17 heavy (non-hydrogen) atoms. The van der Waals surface area contributed by atoms with E-state index in [0.29, 0.717) is 20.4 Å². The van der Waals surface area contributed by atoms with Gasteiger partial charge in [0.15, 0.2) is 0 Å². The Morgan fingerprint density at radius 1 is 1.35 bits per heavy atom. The topological polar surface area (TPSA) is 29.1 Å². The molecule has 0 aromatic heterocycles. The predicted octanol–water partition coefficient (Wildman–Crippen LogP) is 4.04. The van der Waals surface area contributed by atoms with Crippen molar-refractivity contribution >= 4 is 45.0 Å². The van der Waals surface area contributed by atoms with Crippen molar-refractivity contribution in [1.82, 2.24) is 5.32 Å². The number of benzene rings is 1. The second-order valence-corrected chi connectivity index (χ2v) is 6.09. The zero-order chi connectivity index (χ0) is 12.4. The Morgan fingerprint density at radius 3 is 2.76 bits per heavy atom. The van der Waals surface area contributed by atoms with E-state index in [2.05, 4.69) is 21.2 Å². The molecule has 1 fully saturated rings. The van der Waals surface area contributed by atoms with Crippen LogP contribution in [0, 0.1) is 0 Å². The first-order valence-corrected chi connectivity index (χ1v) is 7.15. The molecular formula is C12H12BrCl2NO. The number of nitrogens with one attached hydrogen (secondary N) is 1. The zero-order valence-corrected chi connectivity index (χ0v) is 12.1. The van der Waals surface area contributed by atoms with Crippen LogP contribution in [0.3, 0.4) is 0 Å². The maximum atomic E-state index is 12.0. The summed E-state index contributed by atoms with van der Waals surface area (Å²) in [5, 5.41) is 3.70. The summed E-state index contributed by atoms with van der Waals surface area (Å²) in [6.07, 6.45) is 3.22. The third-order valence-corrected chi connectivity index (χ3v) is 4.86. The van der Waals surface area contributed by atoms with E-state index in [1.807, 2.05) is 0 Å². The highest BCUT2D eigenvalue weighted by Crippen LogP contribution is 2.28. The normalized spacial score (nSPS) is 23.7. The van der Waals surface area contributed by atoms with E-state index in [9.17, 15) is 4.79 Å². The van der Waals surface area contributed by atoms with Gasteiger partial charge < -0.3 is 5.32 Å². The van der Waals surface area contributed by atoms with Crippen molar-refractivity contribution in [3.8, 4) is 0 Å². The number of hydrogen-bond donors (Lipinski definition) is 1. The van der Waals surface area contributed by atoms with Crippen LogP contribution in [-0.2, 0) is 0 Å². The lowest BCUT2D eigenvalue weighted by Crippen LogP contribution is -2.37. The number of carbonyl (C=O) groups is 1. The Bertz CT molecular complexity index is 439. The van der Waals surface area contributed by atoms with Crippen LogP contribution in [0.5, 0.6) is 0 Å². The Morgan fingerprint density at radius 2 is 2.12 bits per heavy atom. The van der Waals surface area contributed by atoms with Gasteiger partial charge in [-0.1, -0.05) is 51.6 Å². The highest BCUT2D eigenvalue weighted by molar-refractivity contribution is 9.09. The summed E-state index contributed by atoms with van der Waals surface area (Å²) in [5.74, 6) is -0.158. The van der Waals surface area contributed by atoms with Crippen LogP contribution >= 0.6 is 39.1 Å². The Kier molecular flexibility index (Phi) is 4.34. The molecular weight excluding hydrogens is 325 g/mol. The summed E-state index contributed by atoms with van der Waals surface area (Å²) in [5.41, 5.74) is 0.436. The molecule has 1 aliphatic carbocycles. The fourth-order valence-corrected chi connectivity index (χ4v) is 3.11. The van der Waals surface area contributed by atoms with Gasteiger partial charge >= 0.3 is 0 Å². The van der Waals surface area contributed by atoms with Gasteiger partial charge in [0.05, 0.1) is 15.6 Å². The molecule has 5 heteroatoms. The van der Waals surface area contributed by atoms with Crippen molar-refractivity contribution < 1.29 is 4.79 Å². The molecule has 0 bridgehead atoms. The van der Waals surface area contributed by atoms with E-state index < -0.39 is 0 Å². The highest BCUT2D eigenvalue weighted by atomic mass is 79.9. The first-order chi connectivity index (χ1) is 8.09. The van der Waals surface area contributed by atoms with Gasteiger partial charge in [-0.3, -0.25) is 4.79 Å². The van der Waals surface area contributed by atoms with Gasteiger partial charge in [0.25, 0.3) is 5.91 Å². The Labute approximate surface area is 119 Å². The third-order valence-electron chi connectivity index (χ3n) is 2.94. The summed E-state index contributed by atoms with van der Waals surface area (Å²) in [7, 11) is 0. The fraction of sp³-hybridized carbons (Fsp3) is 0.417. The van der Waals surface area contributed by atoms with E-state index in [4.69, 9.17) is 23.2 Å². The number of halogens is 3. The van der Waals surface area contributed by atoms with Crippen LogP contribution < -0.4 is 5.32 Å². The van der Waals surface area contributed by atoms with E-state index in [1.54, 1.807) is 18.2 Å². The minimum Gasteiger partial charge on any atom is -0.348 e. The van der Waals surface area contributed by atoms with Crippen LogP contribution in [0.2, 0.25) is 10.0 Å². The van der Waals surface area contributed by atoms with Gasteiger partial charge in [0, 0.05) is 10.9 Å². The highest BCUT2D eigenvalue weighted by Gasteiger charge is 2.27. The molecule has 0 aliphatic heterocycles. The molecule has 2 atom stereocenters. The smallest absolute Gasteiger partial charge is 0.253 e. The van der Waals surface area contributed by atoms with Crippen molar-refractivity contribution in [3.63, 3.8) is 0 Å². The van der Waals surface area contributed by atoms with Gasteiger partial charge in [-0.05, 0) is 25.0 Å². The molecule has 1 aromatic rings. The van der Waals surface area contributed by atoms with Crippen LogP contribution in [-0.4, -0.2) is 16.8 Å². The van der Waals surface area contributed by atoms with Crippen molar-refractivity contribution in [2.24, 2.45) is 0 Å². The summed E-state index contributed by atoms with van der Waals surface area (Å²) >= 11 is 15.5. The van der Waals surface area contributed by atoms with Crippen molar-refractivity contribution in [3.05, 3.63) is 33.8 Å². The first-order valence-electron chi connectivity index (χ1n) is 5.48. The number of alkyl halides is 1. The molecule has 0 radical (unpaired) electrons. The number of amides is 1. The molecule has 1 aromatic carbocycles. The van der Waals surface area contributed by atoms with Crippen LogP contribution in [0.25, 0.3) is 0 Å². The van der Waals surface area contributed by atoms with Crippen molar-refractivity contribution in [1.29, 1.82) is 0 Å². The molecule has 2 nitrogen and oxygen atoms in total. The average molecular weight is 337 g/mol. The van der Waals surface area contributed by atoms with E-state index >= 15 is 0 Å². The lowest BCUT2D eigenvalue weighted by Gasteiger charge is -2.16. The molecule has 0 saturated heterocycles. The summed E-state index contributed by atoms with van der Waals surface area (Å²) < 4.78 is 0. The van der Waals surface area contributed by atoms with Crippen LogP contribution in [0.15, 0.2) is 18.2 Å². The van der Waals surface area contributed by atoms with Gasteiger partial charge in [-0.25, -0.2) is 0 Å². The molecule has 92 valence electrons.